The van der Waals surface area contributed by atoms with E-state index < -0.39 is 5.60 Å². The molecule has 2 aromatic carbocycles. The number of halogens is 1. The Morgan fingerprint density at radius 1 is 1.12 bits per heavy atom. The average Bonchev–Trinajstić information content (AvgIpc) is 2.62. The molecule has 0 aliphatic rings. The van der Waals surface area contributed by atoms with E-state index in [1.807, 2.05) is 36.4 Å². The number of pyridine rings is 1. The fourth-order valence-electron chi connectivity index (χ4n) is 2.91. The Labute approximate surface area is 146 Å². The Bertz CT molecular complexity index is 895. The molecule has 3 nitrogen and oxygen atoms in total. The molecule has 0 radical (unpaired) electrons. The van der Waals surface area contributed by atoms with Crippen LogP contribution in [0.15, 0.2) is 60.8 Å². The summed E-state index contributed by atoms with van der Waals surface area (Å²) in [5.74, 6) is -0.391. The highest BCUT2D eigenvalue weighted by Crippen LogP contribution is 2.22. The van der Waals surface area contributed by atoms with Gasteiger partial charge >= 0.3 is 0 Å². The summed E-state index contributed by atoms with van der Waals surface area (Å²) in [5.41, 5.74) is 1.19. The predicted octanol–water partition coefficient (Wildman–Crippen LogP) is 4.13. The highest BCUT2D eigenvalue weighted by atomic mass is 19.1. The highest BCUT2D eigenvalue weighted by molar-refractivity contribution is 5.90. The molecule has 4 heteroatoms. The number of hydrogen-bond acceptors (Lipinski definition) is 3. The number of ether oxygens (including phenoxy) is 1. The van der Waals surface area contributed by atoms with E-state index in [1.54, 1.807) is 32.4 Å². The first-order valence-corrected chi connectivity index (χ1v) is 8.17. The summed E-state index contributed by atoms with van der Waals surface area (Å²) in [6.45, 7) is 1.80. The number of aromatic nitrogens is 1. The summed E-state index contributed by atoms with van der Waals surface area (Å²) in [6.07, 6.45) is 2.25. The van der Waals surface area contributed by atoms with Gasteiger partial charge in [-0.3, -0.25) is 9.78 Å². The van der Waals surface area contributed by atoms with Crippen LogP contribution in [0.2, 0.25) is 0 Å². The van der Waals surface area contributed by atoms with Crippen molar-refractivity contribution in [3.8, 4) is 0 Å². The molecule has 1 heterocycles. The van der Waals surface area contributed by atoms with Gasteiger partial charge in [-0.25, -0.2) is 4.39 Å². The molecule has 1 aromatic heterocycles. The summed E-state index contributed by atoms with van der Waals surface area (Å²) in [6, 6.07) is 16.4. The van der Waals surface area contributed by atoms with Gasteiger partial charge in [-0.1, -0.05) is 42.5 Å². The molecular formula is C21H20FNO2. The monoisotopic (exact) mass is 337 g/mol. The third-order valence-corrected chi connectivity index (χ3v) is 4.51. The summed E-state index contributed by atoms with van der Waals surface area (Å²) in [4.78, 5) is 17.0. The lowest BCUT2D eigenvalue weighted by Crippen LogP contribution is -2.40. The average molecular weight is 337 g/mol. The second kappa shape index (κ2) is 7.11. The van der Waals surface area contributed by atoms with Gasteiger partial charge in [0.1, 0.15) is 16.9 Å². The van der Waals surface area contributed by atoms with E-state index in [0.29, 0.717) is 17.3 Å². The lowest BCUT2D eigenvalue weighted by molar-refractivity contribution is -0.138. The van der Waals surface area contributed by atoms with Crippen molar-refractivity contribution in [1.29, 1.82) is 0 Å². The molecule has 25 heavy (non-hydrogen) atoms. The number of carbonyl (C=O) groups is 1. The number of Topliss-reactive ketones (excluding diaryl/α,β-unsaturated/α-hetero) is 1. The number of methoxy groups -OCH3 is 1. The third kappa shape index (κ3) is 3.74. The van der Waals surface area contributed by atoms with Crippen molar-refractivity contribution in [2.24, 2.45) is 0 Å². The van der Waals surface area contributed by atoms with Gasteiger partial charge in [-0.05, 0) is 30.2 Å². The molecule has 3 rings (SSSR count). The molecule has 1 atom stereocenters. The number of hydrogen-bond donors (Lipinski definition) is 0. The molecule has 0 amide bonds. The minimum absolute atomic E-state index is 0.0311. The molecule has 0 N–H and O–H groups in total. The van der Waals surface area contributed by atoms with Crippen LogP contribution >= 0.6 is 0 Å². The second-order valence-electron chi connectivity index (χ2n) is 6.35. The largest absolute Gasteiger partial charge is 0.370 e. The standard InChI is InChI=1S/C21H20FNO2/c1-21(25-2,13-15-7-4-3-5-8-15)19(24)12-16-11-17-9-6-10-18(22)20(17)23-14-16/h3-11,14H,12-13H2,1-2H3. The van der Waals surface area contributed by atoms with E-state index in [9.17, 15) is 9.18 Å². The van der Waals surface area contributed by atoms with Crippen LogP contribution in [0.3, 0.4) is 0 Å². The Balaban J connectivity index is 1.82. The van der Waals surface area contributed by atoms with Crippen molar-refractivity contribution in [3.63, 3.8) is 0 Å². The van der Waals surface area contributed by atoms with Crippen LogP contribution in [0.25, 0.3) is 10.9 Å². The first-order chi connectivity index (χ1) is 12.0. The zero-order valence-electron chi connectivity index (χ0n) is 14.3. The molecule has 0 aliphatic carbocycles. The topological polar surface area (TPSA) is 39.2 Å². The molecule has 3 aromatic rings. The van der Waals surface area contributed by atoms with Crippen LogP contribution in [0.1, 0.15) is 18.1 Å². The number of benzene rings is 2. The number of carbonyl (C=O) groups excluding carboxylic acids is 1. The van der Waals surface area contributed by atoms with E-state index in [0.717, 1.165) is 11.1 Å². The van der Waals surface area contributed by atoms with Crippen molar-refractivity contribution in [3.05, 3.63) is 77.7 Å². The number of nitrogens with zero attached hydrogens (tertiary/aromatic N) is 1. The van der Waals surface area contributed by atoms with Gasteiger partial charge in [-0.2, -0.15) is 0 Å². The van der Waals surface area contributed by atoms with E-state index in [2.05, 4.69) is 4.98 Å². The fraction of sp³-hybridized carbons (Fsp3) is 0.238. The highest BCUT2D eigenvalue weighted by Gasteiger charge is 2.33. The van der Waals surface area contributed by atoms with Gasteiger partial charge in [0, 0.05) is 31.5 Å². The Hall–Kier alpha value is -2.59. The van der Waals surface area contributed by atoms with Gasteiger partial charge in [-0.15, -0.1) is 0 Å². The summed E-state index contributed by atoms with van der Waals surface area (Å²) in [7, 11) is 1.55. The maximum Gasteiger partial charge on any atom is 0.169 e. The van der Waals surface area contributed by atoms with Crippen molar-refractivity contribution in [2.75, 3.05) is 7.11 Å². The van der Waals surface area contributed by atoms with Crippen LogP contribution in [0.5, 0.6) is 0 Å². The molecule has 0 aliphatic heterocycles. The SMILES string of the molecule is COC(C)(Cc1ccccc1)C(=O)Cc1cnc2c(F)cccc2c1. The van der Waals surface area contributed by atoms with Crippen LogP contribution in [0, 0.1) is 5.82 Å². The van der Waals surface area contributed by atoms with Crippen LogP contribution in [-0.2, 0) is 22.4 Å². The molecule has 1 unspecified atom stereocenters. The van der Waals surface area contributed by atoms with Gasteiger partial charge in [0.25, 0.3) is 0 Å². The molecular weight excluding hydrogens is 317 g/mol. The van der Waals surface area contributed by atoms with E-state index in [4.69, 9.17) is 4.74 Å². The second-order valence-corrected chi connectivity index (χ2v) is 6.35. The van der Waals surface area contributed by atoms with Crippen molar-refractivity contribution in [2.45, 2.75) is 25.4 Å². The minimum atomic E-state index is -0.918. The third-order valence-electron chi connectivity index (χ3n) is 4.51. The van der Waals surface area contributed by atoms with Crippen LogP contribution in [0.4, 0.5) is 4.39 Å². The summed E-state index contributed by atoms with van der Waals surface area (Å²) < 4.78 is 19.3. The fourth-order valence-corrected chi connectivity index (χ4v) is 2.91. The molecule has 0 saturated carbocycles. The minimum Gasteiger partial charge on any atom is -0.370 e. The molecule has 0 fully saturated rings. The van der Waals surface area contributed by atoms with E-state index >= 15 is 0 Å². The summed E-state index contributed by atoms with van der Waals surface area (Å²) in [5, 5.41) is 0.687. The normalized spacial score (nSPS) is 13.6. The van der Waals surface area contributed by atoms with Gasteiger partial charge in [0.15, 0.2) is 5.78 Å². The van der Waals surface area contributed by atoms with Crippen molar-refractivity contribution >= 4 is 16.7 Å². The molecule has 0 spiro atoms. The zero-order chi connectivity index (χ0) is 17.9. The quantitative estimate of drug-likeness (QED) is 0.679. The maximum absolute atomic E-state index is 13.7. The van der Waals surface area contributed by atoms with Gasteiger partial charge in [0.2, 0.25) is 0 Å². The number of rotatable bonds is 6. The van der Waals surface area contributed by atoms with Gasteiger partial charge in [0.05, 0.1) is 0 Å². The van der Waals surface area contributed by atoms with Crippen molar-refractivity contribution in [1.82, 2.24) is 4.98 Å². The number of fused-ring (bicyclic) bond motifs is 1. The first kappa shape index (κ1) is 17.2. The smallest absolute Gasteiger partial charge is 0.169 e. The molecule has 0 saturated heterocycles. The number of para-hydroxylation sites is 1. The Kier molecular flexibility index (Phi) is 4.91. The van der Waals surface area contributed by atoms with E-state index in [-0.39, 0.29) is 18.0 Å². The maximum atomic E-state index is 13.7. The zero-order valence-corrected chi connectivity index (χ0v) is 14.3. The lowest BCUT2D eigenvalue weighted by atomic mass is 9.88. The predicted molar refractivity (Wildman–Crippen MR) is 96.0 cm³/mol. The van der Waals surface area contributed by atoms with Crippen LogP contribution in [-0.4, -0.2) is 23.5 Å². The molecule has 0 bridgehead atoms. The van der Waals surface area contributed by atoms with Crippen LogP contribution < -0.4 is 0 Å². The number of ketones is 1. The Morgan fingerprint density at radius 3 is 2.60 bits per heavy atom. The Morgan fingerprint density at radius 2 is 1.88 bits per heavy atom. The van der Waals surface area contributed by atoms with Crippen molar-refractivity contribution < 1.29 is 13.9 Å². The first-order valence-electron chi connectivity index (χ1n) is 8.17. The lowest BCUT2D eigenvalue weighted by Gasteiger charge is -2.27. The van der Waals surface area contributed by atoms with E-state index in [1.165, 1.54) is 6.07 Å². The van der Waals surface area contributed by atoms with Gasteiger partial charge < -0.3 is 4.74 Å². The summed E-state index contributed by atoms with van der Waals surface area (Å²) >= 11 is 0. The molecule has 128 valence electrons.